The Balaban J connectivity index is 1.63. The monoisotopic (exact) mass is 378 g/mol. The summed E-state index contributed by atoms with van der Waals surface area (Å²) in [4.78, 5) is 12.7. The van der Waals surface area contributed by atoms with Crippen molar-refractivity contribution in [2.24, 2.45) is 5.41 Å². The molecule has 1 aromatic carbocycles. The van der Waals surface area contributed by atoms with Crippen LogP contribution in [0.2, 0.25) is 0 Å². The Morgan fingerprint density at radius 2 is 2.04 bits per heavy atom. The normalized spacial score (nSPS) is 23.7. The summed E-state index contributed by atoms with van der Waals surface area (Å²) in [5.74, 6) is -0.167. The molecule has 0 aromatic heterocycles. The number of carbonyl (C=O) groups excluding carboxylic acids is 1. The van der Waals surface area contributed by atoms with Crippen molar-refractivity contribution in [3.8, 4) is 0 Å². The molecule has 0 aliphatic heterocycles. The molecule has 0 unspecified atom stereocenters. The van der Waals surface area contributed by atoms with Crippen LogP contribution in [-0.4, -0.2) is 39.6 Å². The summed E-state index contributed by atoms with van der Waals surface area (Å²) in [5.41, 5.74) is 0.561. The minimum Gasteiger partial charge on any atom is -0.378 e. The predicted molar refractivity (Wildman–Crippen MR) is 99.4 cm³/mol. The second-order valence-electron chi connectivity index (χ2n) is 6.96. The number of nitrogens with one attached hydrogen (secondary N) is 2. The first-order valence-electron chi connectivity index (χ1n) is 9.06. The quantitative estimate of drug-likeness (QED) is 0.680. The van der Waals surface area contributed by atoms with Crippen LogP contribution in [0.15, 0.2) is 41.8 Å². The van der Waals surface area contributed by atoms with Gasteiger partial charge in [-0.3, -0.25) is 4.79 Å². The molecule has 1 spiro atoms. The number of hydrogen-bond donors (Lipinski definition) is 2. The highest BCUT2D eigenvalue weighted by molar-refractivity contribution is 7.89. The van der Waals surface area contributed by atoms with E-state index in [-0.39, 0.29) is 34.9 Å². The first-order chi connectivity index (χ1) is 12.4. The molecule has 2 aliphatic carbocycles. The second-order valence-corrected chi connectivity index (χ2v) is 8.72. The summed E-state index contributed by atoms with van der Waals surface area (Å²) < 4.78 is 32.3. The van der Waals surface area contributed by atoms with Crippen LogP contribution in [0.25, 0.3) is 0 Å². The molecule has 1 amide bonds. The van der Waals surface area contributed by atoms with Gasteiger partial charge in [0.05, 0.1) is 11.0 Å². The van der Waals surface area contributed by atoms with Crippen LogP contribution >= 0.6 is 0 Å². The third kappa shape index (κ3) is 3.43. The average Bonchev–Trinajstić information content (AvgIpc) is 2.57. The number of amides is 1. The van der Waals surface area contributed by atoms with E-state index in [4.69, 9.17) is 4.74 Å². The number of rotatable bonds is 8. The fourth-order valence-electron chi connectivity index (χ4n) is 3.92. The third-order valence-corrected chi connectivity index (χ3v) is 7.03. The Morgan fingerprint density at radius 3 is 2.58 bits per heavy atom. The van der Waals surface area contributed by atoms with Crippen LogP contribution in [0.4, 0.5) is 0 Å². The maximum atomic E-state index is 12.5. The highest BCUT2D eigenvalue weighted by atomic mass is 32.2. The molecule has 0 saturated heterocycles. The van der Waals surface area contributed by atoms with Crippen LogP contribution in [0.3, 0.4) is 0 Å². The molecular weight excluding hydrogens is 352 g/mol. The lowest BCUT2D eigenvalue weighted by atomic mass is 9.51. The van der Waals surface area contributed by atoms with Crippen molar-refractivity contribution in [3.05, 3.63) is 42.5 Å². The Morgan fingerprint density at radius 1 is 1.35 bits per heavy atom. The van der Waals surface area contributed by atoms with Gasteiger partial charge in [-0.15, -0.1) is 6.58 Å². The summed E-state index contributed by atoms with van der Waals surface area (Å²) in [5, 5.41) is 3.11. The lowest BCUT2D eigenvalue weighted by molar-refractivity contribution is -0.169. The van der Waals surface area contributed by atoms with Gasteiger partial charge in [0.15, 0.2) is 0 Å². The molecule has 7 heteroatoms. The SMILES string of the molecule is C=CCNS(=O)(=O)c1ccc(C(=O)N[C@@H]2C[C@@H](OCC)C23CCC3)cc1. The second kappa shape index (κ2) is 7.50. The van der Waals surface area contributed by atoms with E-state index in [0.717, 1.165) is 19.3 Å². The zero-order valence-corrected chi connectivity index (χ0v) is 15.8. The smallest absolute Gasteiger partial charge is 0.251 e. The van der Waals surface area contributed by atoms with Gasteiger partial charge in [0.1, 0.15) is 0 Å². The average molecular weight is 378 g/mol. The van der Waals surface area contributed by atoms with Gasteiger partial charge >= 0.3 is 0 Å². The van der Waals surface area contributed by atoms with Gasteiger partial charge in [0.25, 0.3) is 5.91 Å². The molecule has 6 nitrogen and oxygen atoms in total. The Kier molecular flexibility index (Phi) is 5.50. The molecule has 0 heterocycles. The van der Waals surface area contributed by atoms with Crippen LogP contribution in [0, 0.1) is 5.41 Å². The van der Waals surface area contributed by atoms with Gasteiger partial charge in [-0.1, -0.05) is 12.5 Å². The Bertz CT molecular complexity index is 769. The van der Waals surface area contributed by atoms with Crippen molar-refractivity contribution in [2.75, 3.05) is 13.2 Å². The van der Waals surface area contributed by atoms with Gasteiger partial charge < -0.3 is 10.1 Å². The molecule has 2 atom stereocenters. The number of carbonyl (C=O) groups is 1. The molecular formula is C19H26N2O4S. The van der Waals surface area contributed by atoms with E-state index in [0.29, 0.717) is 12.2 Å². The molecule has 2 fully saturated rings. The van der Waals surface area contributed by atoms with Crippen LogP contribution < -0.4 is 10.0 Å². The van der Waals surface area contributed by atoms with Crippen molar-refractivity contribution >= 4 is 15.9 Å². The van der Waals surface area contributed by atoms with E-state index >= 15 is 0 Å². The fraction of sp³-hybridized carbons (Fsp3) is 0.526. The fourth-order valence-corrected chi connectivity index (χ4v) is 4.92. The molecule has 2 N–H and O–H groups in total. The van der Waals surface area contributed by atoms with E-state index in [9.17, 15) is 13.2 Å². The van der Waals surface area contributed by atoms with Crippen molar-refractivity contribution < 1.29 is 17.9 Å². The predicted octanol–water partition coefficient (Wildman–Crippen LogP) is 2.23. The highest BCUT2D eigenvalue weighted by Gasteiger charge is 2.59. The van der Waals surface area contributed by atoms with Gasteiger partial charge in [-0.25, -0.2) is 13.1 Å². The maximum absolute atomic E-state index is 12.5. The number of hydrogen-bond acceptors (Lipinski definition) is 4. The van der Waals surface area contributed by atoms with E-state index < -0.39 is 10.0 Å². The van der Waals surface area contributed by atoms with Crippen molar-refractivity contribution in [2.45, 2.75) is 49.6 Å². The largest absolute Gasteiger partial charge is 0.378 e. The van der Waals surface area contributed by atoms with Crippen molar-refractivity contribution in [3.63, 3.8) is 0 Å². The van der Waals surface area contributed by atoms with E-state index in [1.165, 1.54) is 24.6 Å². The molecule has 2 aliphatic rings. The number of ether oxygens (including phenoxy) is 1. The van der Waals surface area contributed by atoms with Crippen molar-refractivity contribution in [1.82, 2.24) is 10.0 Å². The molecule has 0 radical (unpaired) electrons. The Hall–Kier alpha value is -1.70. The Labute approximate surface area is 155 Å². The van der Waals surface area contributed by atoms with Crippen molar-refractivity contribution in [1.29, 1.82) is 0 Å². The van der Waals surface area contributed by atoms with Gasteiger partial charge in [-0.2, -0.15) is 0 Å². The summed E-state index contributed by atoms with van der Waals surface area (Å²) in [6.45, 7) is 6.34. The van der Waals surface area contributed by atoms with Crippen LogP contribution in [0.1, 0.15) is 43.0 Å². The minimum absolute atomic E-state index is 0.101. The molecule has 0 bridgehead atoms. The number of benzene rings is 1. The van der Waals surface area contributed by atoms with E-state index in [1.807, 2.05) is 6.92 Å². The zero-order valence-electron chi connectivity index (χ0n) is 15.0. The summed E-state index contributed by atoms with van der Waals surface area (Å²) in [7, 11) is -3.58. The van der Waals surface area contributed by atoms with Gasteiger partial charge in [0.2, 0.25) is 10.0 Å². The van der Waals surface area contributed by atoms with Crippen LogP contribution in [-0.2, 0) is 14.8 Å². The van der Waals surface area contributed by atoms with E-state index in [1.54, 1.807) is 12.1 Å². The molecule has 3 rings (SSSR count). The van der Waals surface area contributed by atoms with Crippen LogP contribution in [0.5, 0.6) is 0 Å². The molecule has 1 aromatic rings. The first-order valence-corrected chi connectivity index (χ1v) is 10.5. The standard InChI is InChI=1S/C19H26N2O4S/c1-3-12-20-26(23,24)15-8-6-14(7-9-15)18(22)21-16-13-17(25-4-2)19(16)10-5-11-19/h3,6-9,16-17,20H,1,4-5,10-13H2,2H3,(H,21,22)/t16-,17-/m1/s1. The highest BCUT2D eigenvalue weighted by Crippen LogP contribution is 2.57. The number of sulfonamides is 1. The maximum Gasteiger partial charge on any atom is 0.251 e. The first kappa shape index (κ1) is 19.1. The lowest BCUT2D eigenvalue weighted by Gasteiger charge is -2.61. The molecule has 2 saturated carbocycles. The topological polar surface area (TPSA) is 84.5 Å². The lowest BCUT2D eigenvalue weighted by Crippen LogP contribution is -2.67. The summed E-state index contributed by atoms with van der Waals surface area (Å²) in [6, 6.07) is 6.12. The van der Waals surface area contributed by atoms with Gasteiger partial charge in [-0.05, 0) is 50.5 Å². The van der Waals surface area contributed by atoms with E-state index in [2.05, 4.69) is 16.6 Å². The third-order valence-electron chi connectivity index (χ3n) is 5.59. The van der Waals surface area contributed by atoms with Gasteiger partial charge in [0, 0.05) is 30.2 Å². The minimum atomic E-state index is -3.58. The zero-order chi connectivity index (χ0) is 18.8. The summed E-state index contributed by atoms with van der Waals surface area (Å²) >= 11 is 0. The molecule has 26 heavy (non-hydrogen) atoms. The molecule has 142 valence electrons. The summed E-state index contributed by atoms with van der Waals surface area (Å²) in [6.07, 6.45) is 5.93.